The van der Waals surface area contributed by atoms with Crippen LogP contribution in [0.2, 0.25) is 0 Å². The maximum atomic E-state index is 12.3. The Morgan fingerprint density at radius 2 is 1.71 bits per heavy atom. The van der Waals surface area contributed by atoms with E-state index in [4.69, 9.17) is 0 Å². The van der Waals surface area contributed by atoms with Crippen molar-refractivity contribution in [2.24, 2.45) is 0 Å². The topological polar surface area (TPSA) is 29.1 Å². The van der Waals surface area contributed by atoms with E-state index >= 15 is 0 Å². The number of amides is 1. The van der Waals surface area contributed by atoms with Gasteiger partial charge in [0.05, 0.1) is 0 Å². The van der Waals surface area contributed by atoms with Crippen LogP contribution in [0, 0.1) is 0 Å². The second-order valence-electron chi connectivity index (χ2n) is 5.04. The van der Waals surface area contributed by atoms with Gasteiger partial charge in [-0.15, -0.1) is 0 Å². The lowest BCUT2D eigenvalue weighted by Crippen LogP contribution is -2.12. The number of rotatable bonds is 5. The van der Waals surface area contributed by atoms with Crippen molar-refractivity contribution in [1.82, 2.24) is 0 Å². The van der Waals surface area contributed by atoms with E-state index in [1.54, 1.807) is 0 Å². The Kier molecular flexibility index (Phi) is 5.33. The fourth-order valence-electron chi connectivity index (χ4n) is 2.19. The van der Waals surface area contributed by atoms with Crippen molar-refractivity contribution < 1.29 is 4.79 Å². The highest BCUT2D eigenvalue weighted by Gasteiger charge is 2.09. The summed E-state index contributed by atoms with van der Waals surface area (Å²) in [5.41, 5.74) is 3.80. The van der Waals surface area contributed by atoms with E-state index in [1.165, 1.54) is 5.57 Å². The van der Waals surface area contributed by atoms with E-state index in [0.717, 1.165) is 24.1 Å². The average Bonchev–Trinajstić information content (AvgIpc) is 2.54. The van der Waals surface area contributed by atoms with Crippen LogP contribution in [0.5, 0.6) is 0 Å². The molecule has 0 aliphatic heterocycles. The molecule has 0 fully saturated rings. The first kappa shape index (κ1) is 15.0. The molecule has 0 spiro atoms. The van der Waals surface area contributed by atoms with E-state index in [-0.39, 0.29) is 5.91 Å². The van der Waals surface area contributed by atoms with E-state index < -0.39 is 0 Å². The zero-order valence-corrected chi connectivity index (χ0v) is 12.6. The lowest BCUT2D eigenvalue weighted by molar-refractivity contribution is 0.102. The monoisotopic (exact) mass is 279 g/mol. The number of benzene rings is 2. The summed E-state index contributed by atoms with van der Waals surface area (Å²) in [6.07, 6.45) is 4.39. The fraction of sp³-hybridized carbons (Fsp3) is 0.211. The number of carbonyl (C=O) groups excluding carboxylic acids is 1. The summed E-state index contributed by atoms with van der Waals surface area (Å²) in [6.45, 7) is 4.25. The quantitative estimate of drug-likeness (QED) is 0.806. The minimum absolute atomic E-state index is 0.0775. The predicted octanol–water partition coefficient (Wildman–Crippen LogP) is 5.14. The van der Waals surface area contributed by atoms with Crippen LogP contribution in [0.15, 0.2) is 60.7 Å². The molecule has 0 unspecified atom stereocenters. The Morgan fingerprint density at radius 1 is 1.05 bits per heavy atom. The standard InChI is InChI=1S/C19H21NO/c1-3-4-10-15(2)17-13-8-9-14-18(17)20-19(21)16-11-6-5-7-12-16/h5-14H,3-4H2,1-2H3,(H,20,21)/b15-10+. The van der Waals surface area contributed by atoms with Crippen LogP contribution in [-0.4, -0.2) is 5.91 Å². The maximum absolute atomic E-state index is 12.3. The minimum Gasteiger partial charge on any atom is -0.321 e. The number of hydrogen-bond donors (Lipinski definition) is 1. The molecule has 21 heavy (non-hydrogen) atoms. The lowest BCUT2D eigenvalue weighted by atomic mass is 10.0. The molecule has 0 heterocycles. The van der Waals surface area contributed by atoms with Gasteiger partial charge in [0.1, 0.15) is 0 Å². The second-order valence-corrected chi connectivity index (χ2v) is 5.04. The molecule has 0 saturated heterocycles. The van der Waals surface area contributed by atoms with Gasteiger partial charge in [0.2, 0.25) is 0 Å². The number of unbranched alkanes of at least 4 members (excludes halogenated alkanes) is 1. The third-order valence-electron chi connectivity index (χ3n) is 3.38. The van der Waals surface area contributed by atoms with Crippen LogP contribution in [-0.2, 0) is 0 Å². The minimum atomic E-state index is -0.0775. The Bertz CT molecular complexity index is 629. The highest BCUT2D eigenvalue weighted by atomic mass is 16.1. The Balaban J connectivity index is 2.23. The van der Waals surface area contributed by atoms with Gasteiger partial charge >= 0.3 is 0 Å². The number of para-hydroxylation sites is 1. The van der Waals surface area contributed by atoms with E-state index in [0.29, 0.717) is 5.56 Å². The number of nitrogens with one attached hydrogen (secondary N) is 1. The highest BCUT2D eigenvalue weighted by molar-refractivity contribution is 6.05. The summed E-state index contributed by atoms with van der Waals surface area (Å²) in [5.74, 6) is -0.0775. The zero-order chi connectivity index (χ0) is 15.1. The van der Waals surface area contributed by atoms with Gasteiger partial charge in [0.15, 0.2) is 0 Å². The first-order valence-electron chi connectivity index (χ1n) is 7.35. The molecule has 2 aromatic carbocycles. The number of anilines is 1. The maximum Gasteiger partial charge on any atom is 0.255 e. The molecule has 1 amide bonds. The summed E-state index contributed by atoms with van der Waals surface area (Å²) >= 11 is 0. The van der Waals surface area contributed by atoms with Gasteiger partial charge in [-0.25, -0.2) is 0 Å². The molecule has 2 rings (SSSR count). The Morgan fingerprint density at radius 3 is 2.43 bits per heavy atom. The first-order chi connectivity index (χ1) is 10.2. The molecule has 0 aliphatic carbocycles. The Labute approximate surface area is 126 Å². The highest BCUT2D eigenvalue weighted by Crippen LogP contribution is 2.24. The molecule has 0 radical (unpaired) electrons. The molecular weight excluding hydrogens is 258 g/mol. The van der Waals surface area contributed by atoms with Crippen molar-refractivity contribution in [3.05, 3.63) is 71.8 Å². The van der Waals surface area contributed by atoms with Gasteiger partial charge in [-0.1, -0.05) is 55.8 Å². The predicted molar refractivity (Wildman–Crippen MR) is 89.4 cm³/mol. The first-order valence-corrected chi connectivity index (χ1v) is 7.35. The molecule has 2 nitrogen and oxygen atoms in total. The van der Waals surface area contributed by atoms with E-state index in [9.17, 15) is 4.79 Å². The number of allylic oxidation sites excluding steroid dienone is 2. The molecule has 2 aromatic rings. The summed E-state index contributed by atoms with van der Waals surface area (Å²) in [4.78, 5) is 12.3. The average molecular weight is 279 g/mol. The van der Waals surface area contributed by atoms with Crippen LogP contribution in [0.4, 0.5) is 5.69 Å². The lowest BCUT2D eigenvalue weighted by Gasteiger charge is -2.11. The molecule has 0 aliphatic rings. The van der Waals surface area contributed by atoms with Crippen LogP contribution in [0.1, 0.15) is 42.6 Å². The van der Waals surface area contributed by atoms with Gasteiger partial charge in [-0.2, -0.15) is 0 Å². The van der Waals surface area contributed by atoms with Crippen molar-refractivity contribution in [2.45, 2.75) is 26.7 Å². The van der Waals surface area contributed by atoms with Crippen LogP contribution >= 0.6 is 0 Å². The third-order valence-corrected chi connectivity index (χ3v) is 3.38. The fourth-order valence-corrected chi connectivity index (χ4v) is 2.19. The number of carbonyl (C=O) groups is 1. The molecule has 0 bridgehead atoms. The summed E-state index contributed by atoms with van der Waals surface area (Å²) < 4.78 is 0. The van der Waals surface area contributed by atoms with Crippen LogP contribution in [0.25, 0.3) is 5.57 Å². The summed E-state index contributed by atoms with van der Waals surface area (Å²) in [7, 11) is 0. The molecule has 0 aromatic heterocycles. The van der Waals surface area contributed by atoms with E-state index in [1.807, 2.05) is 54.6 Å². The largest absolute Gasteiger partial charge is 0.321 e. The SMILES string of the molecule is CCC/C=C(\C)c1ccccc1NC(=O)c1ccccc1. The smallest absolute Gasteiger partial charge is 0.255 e. The molecule has 2 heteroatoms. The van der Waals surface area contributed by atoms with Crippen molar-refractivity contribution in [3.63, 3.8) is 0 Å². The van der Waals surface area contributed by atoms with Crippen molar-refractivity contribution in [1.29, 1.82) is 0 Å². The molecule has 1 N–H and O–H groups in total. The normalized spacial score (nSPS) is 11.2. The summed E-state index contributed by atoms with van der Waals surface area (Å²) in [6, 6.07) is 17.2. The van der Waals surface area contributed by atoms with Gasteiger partial charge in [0.25, 0.3) is 5.91 Å². The van der Waals surface area contributed by atoms with Gasteiger partial charge in [-0.3, -0.25) is 4.79 Å². The van der Waals surface area contributed by atoms with Crippen molar-refractivity contribution >= 4 is 17.2 Å². The van der Waals surface area contributed by atoms with Crippen molar-refractivity contribution in [3.8, 4) is 0 Å². The van der Waals surface area contributed by atoms with Crippen LogP contribution in [0.3, 0.4) is 0 Å². The van der Waals surface area contributed by atoms with Crippen LogP contribution < -0.4 is 5.32 Å². The summed E-state index contributed by atoms with van der Waals surface area (Å²) in [5, 5.41) is 3.00. The second kappa shape index (κ2) is 7.44. The molecule has 0 atom stereocenters. The zero-order valence-electron chi connectivity index (χ0n) is 12.6. The Hall–Kier alpha value is -2.35. The number of hydrogen-bond acceptors (Lipinski definition) is 1. The van der Waals surface area contributed by atoms with Gasteiger partial charge in [0, 0.05) is 16.8 Å². The van der Waals surface area contributed by atoms with Crippen molar-refractivity contribution in [2.75, 3.05) is 5.32 Å². The van der Waals surface area contributed by atoms with Gasteiger partial charge in [-0.05, 0) is 37.1 Å². The molecule has 108 valence electrons. The van der Waals surface area contributed by atoms with E-state index in [2.05, 4.69) is 25.2 Å². The van der Waals surface area contributed by atoms with Gasteiger partial charge < -0.3 is 5.32 Å². The molecular formula is C19H21NO. The third kappa shape index (κ3) is 4.06. The molecule has 0 saturated carbocycles.